The number of pyridine rings is 1. The molecular weight excluding hydrogens is 467 g/mol. The number of rotatable bonds is 6. The van der Waals surface area contributed by atoms with Crippen LogP contribution in [0.1, 0.15) is 55.6 Å². The molecule has 4 heterocycles. The van der Waals surface area contributed by atoms with E-state index in [2.05, 4.69) is 44.9 Å². The summed E-state index contributed by atoms with van der Waals surface area (Å²) >= 11 is 0. The van der Waals surface area contributed by atoms with Crippen molar-refractivity contribution in [1.82, 2.24) is 25.0 Å². The van der Waals surface area contributed by atoms with E-state index in [1.807, 2.05) is 25.3 Å². The first-order valence-corrected chi connectivity index (χ1v) is 13.3. The molecule has 1 aromatic carbocycles. The van der Waals surface area contributed by atoms with Crippen LogP contribution >= 0.6 is 0 Å². The molecule has 1 saturated heterocycles. The number of amidine groups is 1. The van der Waals surface area contributed by atoms with Crippen molar-refractivity contribution >= 4 is 5.84 Å². The van der Waals surface area contributed by atoms with Crippen LogP contribution in [0.2, 0.25) is 0 Å². The normalized spacial score (nSPS) is 20.7. The second-order valence-corrected chi connectivity index (χ2v) is 10.1. The number of halogens is 1. The molecule has 2 atom stereocenters. The molecular formula is C29H37FN6O. The van der Waals surface area contributed by atoms with Crippen LogP contribution in [0.3, 0.4) is 0 Å². The van der Waals surface area contributed by atoms with Crippen molar-refractivity contribution in [2.45, 2.75) is 71.6 Å². The van der Waals surface area contributed by atoms with E-state index in [1.165, 1.54) is 17.3 Å². The van der Waals surface area contributed by atoms with Crippen LogP contribution in [-0.2, 0) is 19.5 Å². The summed E-state index contributed by atoms with van der Waals surface area (Å²) in [6, 6.07) is 9.55. The highest BCUT2D eigenvalue weighted by Gasteiger charge is 2.31. The molecule has 8 heteroatoms. The molecule has 37 heavy (non-hydrogen) atoms. The zero-order valence-electron chi connectivity index (χ0n) is 22.3. The number of hydrogen-bond donors (Lipinski definition) is 1. The number of hydrogen-bond acceptors (Lipinski definition) is 5. The smallest absolute Gasteiger partial charge is 0.131 e. The van der Waals surface area contributed by atoms with Gasteiger partial charge in [0.15, 0.2) is 0 Å². The van der Waals surface area contributed by atoms with Crippen molar-refractivity contribution in [3.63, 3.8) is 0 Å². The summed E-state index contributed by atoms with van der Waals surface area (Å²) in [6.45, 7) is 9.60. The van der Waals surface area contributed by atoms with Crippen LogP contribution < -0.4 is 4.74 Å². The maximum absolute atomic E-state index is 14.6. The van der Waals surface area contributed by atoms with Gasteiger partial charge in [-0.25, -0.2) is 4.39 Å². The third kappa shape index (κ3) is 5.25. The van der Waals surface area contributed by atoms with E-state index in [4.69, 9.17) is 9.73 Å². The first kappa shape index (κ1) is 25.4. The lowest BCUT2D eigenvalue weighted by Crippen LogP contribution is -2.46. The Morgan fingerprint density at radius 2 is 2.14 bits per heavy atom. The van der Waals surface area contributed by atoms with E-state index in [9.17, 15) is 4.39 Å². The van der Waals surface area contributed by atoms with Gasteiger partial charge in [0, 0.05) is 72.8 Å². The van der Waals surface area contributed by atoms with Gasteiger partial charge in [0.05, 0.1) is 24.7 Å². The van der Waals surface area contributed by atoms with Gasteiger partial charge in [0.2, 0.25) is 0 Å². The molecule has 2 aromatic heterocycles. The van der Waals surface area contributed by atoms with Crippen LogP contribution in [0.15, 0.2) is 41.5 Å². The quantitative estimate of drug-likeness (QED) is 0.372. The highest BCUT2D eigenvalue weighted by Crippen LogP contribution is 2.31. The Morgan fingerprint density at radius 1 is 1.27 bits per heavy atom. The van der Waals surface area contributed by atoms with E-state index in [1.54, 1.807) is 13.2 Å². The zero-order valence-corrected chi connectivity index (χ0v) is 22.3. The Balaban J connectivity index is 1.34. The fraction of sp³-hybridized carbons (Fsp3) is 0.483. The highest BCUT2D eigenvalue weighted by molar-refractivity contribution is 5.83. The lowest BCUT2D eigenvalue weighted by molar-refractivity contribution is 0.130. The molecule has 2 aliphatic heterocycles. The van der Waals surface area contributed by atoms with Crippen molar-refractivity contribution in [1.29, 1.82) is 0 Å². The molecule has 2 unspecified atom stereocenters. The lowest BCUT2D eigenvalue weighted by Gasteiger charge is -2.39. The number of aliphatic imine (C=N–C) groups is 1. The topological polar surface area (TPSA) is 69.6 Å². The van der Waals surface area contributed by atoms with E-state index in [0.717, 1.165) is 68.1 Å². The molecule has 7 nitrogen and oxygen atoms in total. The molecule has 0 saturated carbocycles. The molecule has 5 rings (SSSR count). The van der Waals surface area contributed by atoms with Gasteiger partial charge in [-0.15, -0.1) is 0 Å². The summed E-state index contributed by atoms with van der Waals surface area (Å²) in [4.78, 5) is 14.4. The molecule has 3 aromatic rings. The summed E-state index contributed by atoms with van der Waals surface area (Å²) in [6.07, 6.45) is 5.73. The summed E-state index contributed by atoms with van der Waals surface area (Å²) in [7, 11) is 1.60. The maximum atomic E-state index is 14.6. The predicted molar refractivity (Wildman–Crippen MR) is 144 cm³/mol. The zero-order chi connectivity index (χ0) is 25.9. The Labute approximate surface area is 218 Å². The number of fused-ring (bicyclic) bond motifs is 1. The molecule has 0 spiro atoms. The van der Waals surface area contributed by atoms with E-state index in [0.29, 0.717) is 17.9 Å². The van der Waals surface area contributed by atoms with Crippen LogP contribution in [0.5, 0.6) is 5.75 Å². The standard InChI is InChI=1S/C29H37FN6O/c1-5-28(36-15-12-26-23(18-36)29(34-33-26)21-11-13-31-19(2)16-21)32-25-9-7-14-35(20(25)3)17-22-24(30)8-6-10-27(22)37-4/h6,8,10-11,13,16,20,25H,5,7,9,12,14-15,17-18H2,1-4H3,(H,33,34). The number of piperidine rings is 1. The minimum Gasteiger partial charge on any atom is -0.496 e. The Kier molecular flexibility index (Phi) is 7.55. The fourth-order valence-electron chi connectivity index (χ4n) is 5.71. The van der Waals surface area contributed by atoms with Gasteiger partial charge in [-0.05, 0) is 57.5 Å². The third-order valence-corrected chi connectivity index (χ3v) is 7.83. The molecule has 0 amide bonds. The number of methoxy groups -OCH3 is 1. The van der Waals surface area contributed by atoms with Gasteiger partial charge in [-0.2, -0.15) is 5.10 Å². The summed E-state index contributed by atoms with van der Waals surface area (Å²) in [5, 5.41) is 7.93. The summed E-state index contributed by atoms with van der Waals surface area (Å²) < 4.78 is 20.1. The molecule has 1 N–H and O–H groups in total. The molecule has 0 aliphatic carbocycles. The minimum atomic E-state index is -0.212. The summed E-state index contributed by atoms with van der Waals surface area (Å²) in [5.74, 6) is 1.54. The molecule has 0 bridgehead atoms. The third-order valence-electron chi connectivity index (χ3n) is 7.83. The first-order chi connectivity index (χ1) is 18.0. The van der Waals surface area contributed by atoms with Gasteiger partial charge < -0.3 is 9.64 Å². The Hall–Kier alpha value is -3.26. The average molecular weight is 505 g/mol. The number of aromatic amines is 1. The number of H-pyrrole nitrogens is 1. The van der Waals surface area contributed by atoms with Gasteiger partial charge in [0.1, 0.15) is 11.6 Å². The van der Waals surface area contributed by atoms with Crippen LogP contribution in [0.25, 0.3) is 11.3 Å². The van der Waals surface area contributed by atoms with Gasteiger partial charge in [-0.1, -0.05) is 13.0 Å². The number of nitrogens with zero attached hydrogens (tertiary/aromatic N) is 5. The van der Waals surface area contributed by atoms with Crippen LogP contribution in [0.4, 0.5) is 4.39 Å². The van der Waals surface area contributed by atoms with Crippen molar-refractivity contribution in [3.05, 3.63) is 64.9 Å². The Morgan fingerprint density at radius 3 is 2.92 bits per heavy atom. The Bertz CT molecular complexity index is 1270. The second-order valence-electron chi connectivity index (χ2n) is 10.1. The second kappa shape index (κ2) is 11.0. The first-order valence-electron chi connectivity index (χ1n) is 13.3. The minimum absolute atomic E-state index is 0.175. The number of likely N-dealkylation sites (tertiary alicyclic amines) is 1. The average Bonchev–Trinajstić information content (AvgIpc) is 3.33. The SMILES string of the molecule is CCC(=NC1CCCN(Cc2c(F)cccc2OC)C1C)N1CCc2[nH]nc(-c3ccnc(C)c3)c2C1. The van der Waals surface area contributed by atoms with Crippen molar-refractivity contribution < 1.29 is 9.13 Å². The highest BCUT2D eigenvalue weighted by atomic mass is 19.1. The van der Waals surface area contributed by atoms with Crippen LogP contribution in [0, 0.1) is 12.7 Å². The predicted octanol–water partition coefficient (Wildman–Crippen LogP) is 5.15. The fourth-order valence-corrected chi connectivity index (χ4v) is 5.71. The molecule has 1 fully saturated rings. The number of benzene rings is 1. The van der Waals surface area contributed by atoms with Crippen LogP contribution in [-0.4, -0.2) is 63.1 Å². The van der Waals surface area contributed by atoms with Gasteiger partial charge >= 0.3 is 0 Å². The monoisotopic (exact) mass is 504 g/mol. The molecule has 0 radical (unpaired) electrons. The van der Waals surface area contributed by atoms with Gasteiger partial charge in [0.25, 0.3) is 0 Å². The van der Waals surface area contributed by atoms with Crippen molar-refractivity contribution in [2.24, 2.45) is 4.99 Å². The number of aromatic nitrogens is 3. The molecule has 196 valence electrons. The number of nitrogens with one attached hydrogen (secondary N) is 1. The van der Waals surface area contributed by atoms with E-state index < -0.39 is 0 Å². The number of aryl methyl sites for hydroxylation is 1. The van der Waals surface area contributed by atoms with E-state index >= 15 is 0 Å². The van der Waals surface area contributed by atoms with Gasteiger partial charge in [-0.3, -0.25) is 20.0 Å². The van der Waals surface area contributed by atoms with E-state index in [-0.39, 0.29) is 17.9 Å². The molecule has 2 aliphatic rings. The van der Waals surface area contributed by atoms with Crippen molar-refractivity contribution in [2.75, 3.05) is 20.2 Å². The number of ether oxygens (including phenoxy) is 1. The maximum Gasteiger partial charge on any atom is 0.131 e. The van der Waals surface area contributed by atoms with Crippen molar-refractivity contribution in [3.8, 4) is 17.0 Å². The largest absolute Gasteiger partial charge is 0.496 e. The summed E-state index contributed by atoms with van der Waals surface area (Å²) in [5.41, 5.74) is 6.19. The lowest BCUT2D eigenvalue weighted by atomic mass is 9.96.